The molecule has 110 valence electrons. The first-order valence-corrected chi connectivity index (χ1v) is 6.83. The number of aromatic nitrogens is 1. The van der Waals surface area contributed by atoms with Crippen molar-refractivity contribution in [1.82, 2.24) is 10.3 Å². The van der Waals surface area contributed by atoms with Gasteiger partial charge >= 0.3 is 0 Å². The van der Waals surface area contributed by atoms with Crippen LogP contribution in [0.15, 0.2) is 28.8 Å². The van der Waals surface area contributed by atoms with Crippen molar-refractivity contribution in [3.63, 3.8) is 0 Å². The third-order valence-electron chi connectivity index (χ3n) is 3.37. The lowest BCUT2D eigenvalue weighted by atomic mass is 10.1. The van der Waals surface area contributed by atoms with Gasteiger partial charge in [0.2, 0.25) is 5.89 Å². The molecule has 0 spiro atoms. The van der Waals surface area contributed by atoms with Gasteiger partial charge in [-0.1, -0.05) is 6.07 Å². The van der Waals surface area contributed by atoms with Crippen LogP contribution in [-0.4, -0.2) is 17.5 Å². The summed E-state index contributed by atoms with van der Waals surface area (Å²) in [6.07, 6.45) is 1.70. The lowest BCUT2D eigenvalue weighted by molar-refractivity contribution is -0.118. The number of aryl methyl sites for hydroxylation is 1. The van der Waals surface area contributed by atoms with Crippen molar-refractivity contribution < 1.29 is 13.9 Å². The molecule has 0 aliphatic carbocycles. The first-order chi connectivity index (χ1) is 10.1. The Labute approximate surface area is 122 Å². The highest BCUT2D eigenvalue weighted by atomic mass is 16.5. The number of anilines is 1. The molecule has 1 amide bonds. The number of hydrogen-bond donors (Lipinski definition) is 2. The van der Waals surface area contributed by atoms with Crippen molar-refractivity contribution in [3.8, 4) is 5.75 Å². The molecule has 1 atom stereocenters. The van der Waals surface area contributed by atoms with Crippen molar-refractivity contribution in [2.24, 2.45) is 0 Å². The van der Waals surface area contributed by atoms with Gasteiger partial charge in [0, 0.05) is 6.04 Å². The maximum atomic E-state index is 11.3. The van der Waals surface area contributed by atoms with E-state index in [2.05, 4.69) is 15.6 Å². The van der Waals surface area contributed by atoms with Crippen molar-refractivity contribution in [2.45, 2.75) is 26.4 Å². The zero-order valence-electron chi connectivity index (χ0n) is 12.0. The number of rotatable bonds is 4. The summed E-state index contributed by atoms with van der Waals surface area (Å²) in [5.74, 6) is 2.03. The second-order valence-electron chi connectivity index (χ2n) is 5.06. The molecule has 2 N–H and O–H groups in total. The number of fused-ring (bicyclic) bond motifs is 1. The maximum absolute atomic E-state index is 11.3. The Morgan fingerprint density at radius 2 is 2.33 bits per heavy atom. The van der Waals surface area contributed by atoms with Gasteiger partial charge in [0.25, 0.3) is 5.91 Å². The average Bonchev–Trinajstić information content (AvgIpc) is 2.89. The van der Waals surface area contributed by atoms with Crippen LogP contribution in [0, 0.1) is 6.92 Å². The number of nitrogens with one attached hydrogen (secondary N) is 2. The highest BCUT2D eigenvalue weighted by molar-refractivity contribution is 5.95. The minimum atomic E-state index is -0.129. The number of amides is 1. The van der Waals surface area contributed by atoms with E-state index in [0.29, 0.717) is 23.9 Å². The molecule has 1 aliphatic rings. The van der Waals surface area contributed by atoms with Crippen LogP contribution in [0.4, 0.5) is 5.69 Å². The molecule has 1 aromatic heterocycles. The Morgan fingerprint density at radius 3 is 3.10 bits per heavy atom. The summed E-state index contributed by atoms with van der Waals surface area (Å²) in [6.45, 7) is 4.54. The van der Waals surface area contributed by atoms with Crippen LogP contribution in [0.5, 0.6) is 5.75 Å². The summed E-state index contributed by atoms with van der Waals surface area (Å²) in [4.78, 5) is 15.5. The number of nitrogens with zero attached hydrogens (tertiary/aromatic N) is 1. The van der Waals surface area contributed by atoms with E-state index in [9.17, 15) is 4.79 Å². The van der Waals surface area contributed by atoms with Crippen LogP contribution in [0.25, 0.3) is 0 Å². The average molecular weight is 287 g/mol. The van der Waals surface area contributed by atoms with Crippen LogP contribution in [-0.2, 0) is 11.3 Å². The highest BCUT2D eigenvalue weighted by Crippen LogP contribution is 2.30. The van der Waals surface area contributed by atoms with Gasteiger partial charge in [0.05, 0.1) is 18.4 Å². The van der Waals surface area contributed by atoms with Gasteiger partial charge in [-0.2, -0.15) is 0 Å². The van der Waals surface area contributed by atoms with Gasteiger partial charge in [-0.3, -0.25) is 4.79 Å². The lowest BCUT2D eigenvalue weighted by Crippen LogP contribution is -2.26. The molecular formula is C15H17N3O3. The second-order valence-corrected chi connectivity index (χ2v) is 5.06. The van der Waals surface area contributed by atoms with Crippen LogP contribution in [0.3, 0.4) is 0 Å². The molecule has 1 aliphatic heterocycles. The van der Waals surface area contributed by atoms with E-state index < -0.39 is 0 Å². The minimum Gasteiger partial charge on any atom is -0.482 e. The third-order valence-corrected chi connectivity index (χ3v) is 3.37. The quantitative estimate of drug-likeness (QED) is 0.901. The molecule has 1 aromatic carbocycles. The van der Waals surface area contributed by atoms with Crippen LogP contribution >= 0.6 is 0 Å². The lowest BCUT2D eigenvalue weighted by Gasteiger charge is -2.20. The van der Waals surface area contributed by atoms with Gasteiger partial charge in [0.15, 0.2) is 6.61 Å². The standard InChI is InChI=1S/C15H17N3O3/c1-9-6-17-15(21-9)7-16-10(2)11-3-4-13-12(5-11)18-14(19)8-20-13/h3-6,10,16H,7-8H2,1-2H3,(H,18,19). The predicted octanol–water partition coefficient (Wildman–Crippen LogP) is 2.16. The van der Waals surface area contributed by atoms with Crippen molar-refractivity contribution >= 4 is 11.6 Å². The summed E-state index contributed by atoms with van der Waals surface area (Å²) in [6, 6.07) is 5.87. The summed E-state index contributed by atoms with van der Waals surface area (Å²) in [5, 5.41) is 6.15. The van der Waals surface area contributed by atoms with Gasteiger partial charge < -0.3 is 19.8 Å². The van der Waals surface area contributed by atoms with Gasteiger partial charge in [-0.25, -0.2) is 4.98 Å². The van der Waals surface area contributed by atoms with Gasteiger partial charge in [0.1, 0.15) is 11.5 Å². The number of carbonyl (C=O) groups excluding carboxylic acids is 1. The van der Waals surface area contributed by atoms with E-state index in [4.69, 9.17) is 9.15 Å². The molecule has 2 heterocycles. The van der Waals surface area contributed by atoms with Gasteiger partial charge in [-0.15, -0.1) is 0 Å². The summed E-state index contributed by atoms with van der Waals surface area (Å²) in [7, 11) is 0. The molecule has 21 heavy (non-hydrogen) atoms. The molecule has 3 rings (SSSR count). The number of hydrogen-bond acceptors (Lipinski definition) is 5. The fraction of sp³-hybridized carbons (Fsp3) is 0.333. The monoisotopic (exact) mass is 287 g/mol. The molecule has 0 radical (unpaired) electrons. The fourth-order valence-electron chi connectivity index (χ4n) is 2.21. The third kappa shape index (κ3) is 3.05. The molecule has 0 saturated heterocycles. The number of oxazole rings is 1. The van der Waals surface area contributed by atoms with Crippen LogP contribution in [0.2, 0.25) is 0 Å². The van der Waals surface area contributed by atoms with Crippen molar-refractivity contribution in [2.75, 3.05) is 11.9 Å². The van der Waals surface area contributed by atoms with E-state index in [1.807, 2.05) is 32.0 Å². The Hall–Kier alpha value is -2.34. The maximum Gasteiger partial charge on any atom is 0.262 e. The molecule has 1 unspecified atom stereocenters. The van der Waals surface area contributed by atoms with E-state index in [0.717, 1.165) is 11.3 Å². The molecule has 6 heteroatoms. The molecule has 0 bridgehead atoms. The first kappa shape index (κ1) is 13.6. The zero-order valence-corrected chi connectivity index (χ0v) is 12.0. The van der Waals surface area contributed by atoms with E-state index in [1.165, 1.54) is 0 Å². The minimum absolute atomic E-state index is 0.0731. The normalized spacial score (nSPS) is 15.0. The SMILES string of the molecule is Cc1cnc(CNC(C)c2ccc3c(c2)NC(=O)CO3)o1. The predicted molar refractivity (Wildman–Crippen MR) is 77.1 cm³/mol. The van der Waals surface area contributed by atoms with E-state index in [1.54, 1.807) is 6.20 Å². The molecule has 0 saturated carbocycles. The Bertz CT molecular complexity index is 666. The highest BCUT2D eigenvalue weighted by Gasteiger charge is 2.17. The Kier molecular flexibility index (Phi) is 3.62. The van der Waals surface area contributed by atoms with E-state index in [-0.39, 0.29) is 18.6 Å². The number of benzene rings is 1. The summed E-state index contributed by atoms with van der Waals surface area (Å²) < 4.78 is 10.8. The number of carbonyl (C=O) groups is 1. The molecule has 0 fully saturated rings. The first-order valence-electron chi connectivity index (χ1n) is 6.83. The van der Waals surface area contributed by atoms with Crippen molar-refractivity contribution in [1.29, 1.82) is 0 Å². The van der Waals surface area contributed by atoms with Gasteiger partial charge in [-0.05, 0) is 31.5 Å². The van der Waals surface area contributed by atoms with Crippen LogP contribution < -0.4 is 15.4 Å². The topological polar surface area (TPSA) is 76.4 Å². The molecule has 2 aromatic rings. The fourth-order valence-corrected chi connectivity index (χ4v) is 2.21. The summed E-state index contributed by atoms with van der Waals surface area (Å²) >= 11 is 0. The second kappa shape index (κ2) is 5.57. The van der Waals surface area contributed by atoms with Crippen LogP contribution in [0.1, 0.15) is 30.2 Å². The molecular weight excluding hydrogens is 270 g/mol. The van der Waals surface area contributed by atoms with Crippen molar-refractivity contribution in [3.05, 3.63) is 41.6 Å². The zero-order chi connectivity index (χ0) is 14.8. The largest absolute Gasteiger partial charge is 0.482 e. The summed E-state index contributed by atoms with van der Waals surface area (Å²) in [5.41, 5.74) is 1.77. The Balaban J connectivity index is 1.68. The van der Waals surface area contributed by atoms with E-state index >= 15 is 0 Å². The number of ether oxygens (including phenoxy) is 1. The smallest absolute Gasteiger partial charge is 0.262 e. The molecule has 6 nitrogen and oxygen atoms in total. The Morgan fingerprint density at radius 1 is 1.48 bits per heavy atom.